The third-order valence-corrected chi connectivity index (χ3v) is 1.15. The molecule has 1 aromatic heterocycles. The van der Waals surface area contributed by atoms with Gasteiger partial charge in [0.15, 0.2) is 0 Å². The van der Waals surface area contributed by atoms with E-state index in [2.05, 4.69) is 25.9 Å². The molecule has 0 aliphatic rings. The highest BCUT2D eigenvalue weighted by Crippen LogP contribution is 2.05. The molecule has 0 atom stereocenters. The summed E-state index contributed by atoms with van der Waals surface area (Å²) >= 11 is 1.21. The Labute approximate surface area is 75.4 Å². The number of aromatic nitrogens is 2. The minimum Gasteiger partial charge on any atom is -0.314 e. The molecule has 6 heteroatoms. The minimum absolute atomic E-state index is 0. The zero-order valence-electron chi connectivity index (χ0n) is 5.69. The maximum atomic E-state index is 4.65. The highest BCUT2D eigenvalue weighted by Gasteiger charge is 1.94. The Hall–Kier alpha value is -0.590. The number of hydrogen-bond donors (Lipinski definition) is 0. The van der Waals surface area contributed by atoms with E-state index in [1.165, 1.54) is 11.5 Å². The van der Waals surface area contributed by atoms with Crippen molar-refractivity contribution in [2.45, 2.75) is 0 Å². The van der Waals surface area contributed by atoms with Gasteiger partial charge in [-0.2, -0.15) is 18.4 Å². The summed E-state index contributed by atoms with van der Waals surface area (Å²) < 4.78 is 3.56. The first kappa shape index (κ1) is 10.4. The van der Waals surface area contributed by atoms with E-state index < -0.39 is 0 Å². The van der Waals surface area contributed by atoms with Crippen molar-refractivity contribution in [1.82, 2.24) is 9.59 Å². The summed E-state index contributed by atoms with van der Waals surface area (Å²) in [7, 11) is 0. The van der Waals surface area contributed by atoms with Crippen LogP contribution in [-0.4, -0.2) is 16.2 Å². The Bertz CT molecular complexity index is 190. The maximum Gasteiger partial charge on any atom is 0.287 e. The molecule has 0 unspecified atom stereocenters. The van der Waals surface area contributed by atoms with Crippen LogP contribution in [0.5, 0.6) is 5.88 Å². The molecule has 62 valence electrons. The van der Waals surface area contributed by atoms with Gasteiger partial charge in [-0.25, -0.2) is 0 Å². The number of nitrogens with zero attached hydrogens (tertiary/aromatic N) is 2. The van der Waals surface area contributed by atoms with Gasteiger partial charge in [0.2, 0.25) is 0 Å². The molecule has 0 fully saturated rings. The monoisotopic (exact) mass is 192 g/mol. The molecule has 0 amide bonds. The molecule has 0 bridgehead atoms. The fraction of sp³-hybridized carbons (Fsp3) is 0.200. The molecule has 1 aromatic rings. The molecule has 0 spiro atoms. The minimum atomic E-state index is 0. The molecule has 1 heterocycles. The average Bonchev–Trinajstić information content (AvgIpc) is 2.41. The third kappa shape index (κ3) is 3.97. The first-order chi connectivity index (χ1) is 4.93. The summed E-state index contributed by atoms with van der Waals surface area (Å²) in [5.74, 6) is 0.381. The average molecular weight is 192 g/mol. The van der Waals surface area contributed by atoms with Crippen LogP contribution in [0, 0.1) is 0 Å². The van der Waals surface area contributed by atoms with E-state index >= 15 is 0 Å². The summed E-state index contributed by atoms with van der Waals surface area (Å²) in [6.07, 6.45) is 1.58. The molecule has 0 aliphatic carbocycles. The molecule has 0 aliphatic heterocycles. The van der Waals surface area contributed by atoms with Crippen molar-refractivity contribution in [1.29, 1.82) is 0 Å². The predicted molar refractivity (Wildman–Crippen MR) is 47.1 cm³/mol. The SMILES string of the molecule is C=CCOOc1csnn1.S. The van der Waals surface area contributed by atoms with Gasteiger partial charge in [-0.15, -0.1) is 6.58 Å². The topological polar surface area (TPSA) is 44.2 Å². The van der Waals surface area contributed by atoms with Crippen molar-refractivity contribution in [3.05, 3.63) is 18.0 Å². The van der Waals surface area contributed by atoms with Gasteiger partial charge in [0.1, 0.15) is 6.61 Å². The van der Waals surface area contributed by atoms with E-state index in [4.69, 9.17) is 0 Å². The van der Waals surface area contributed by atoms with E-state index in [1.807, 2.05) is 0 Å². The van der Waals surface area contributed by atoms with E-state index in [-0.39, 0.29) is 13.5 Å². The second kappa shape index (κ2) is 6.14. The van der Waals surface area contributed by atoms with E-state index in [9.17, 15) is 0 Å². The van der Waals surface area contributed by atoms with Crippen molar-refractivity contribution in [2.24, 2.45) is 0 Å². The van der Waals surface area contributed by atoms with Crippen LogP contribution in [0.2, 0.25) is 0 Å². The standard InChI is InChI=1S/C5H6N2O2S.H2S/c1-2-3-8-9-5-4-10-7-6-5;/h2,4H,1,3H2;1H2. The first-order valence-electron chi connectivity index (χ1n) is 2.61. The van der Waals surface area contributed by atoms with Gasteiger partial charge in [0, 0.05) is 0 Å². The van der Waals surface area contributed by atoms with Gasteiger partial charge in [-0.05, 0) is 11.5 Å². The fourth-order valence-corrected chi connectivity index (χ4v) is 0.686. The second-order valence-electron chi connectivity index (χ2n) is 1.40. The largest absolute Gasteiger partial charge is 0.314 e. The lowest BCUT2D eigenvalue weighted by Gasteiger charge is -1.94. The van der Waals surface area contributed by atoms with Crippen molar-refractivity contribution in [3.63, 3.8) is 0 Å². The van der Waals surface area contributed by atoms with Gasteiger partial charge in [-0.1, -0.05) is 15.7 Å². The van der Waals surface area contributed by atoms with Crippen molar-refractivity contribution >= 4 is 25.0 Å². The molecule has 0 saturated carbocycles. The molecular formula is C5H8N2O2S2. The molecule has 0 saturated heterocycles. The molecule has 0 radical (unpaired) electrons. The van der Waals surface area contributed by atoms with Crippen LogP contribution in [-0.2, 0) is 4.89 Å². The van der Waals surface area contributed by atoms with Crippen LogP contribution in [0.4, 0.5) is 0 Å². The van der Waals surface area contributed by atoms with Crippen molar-refractivity contribution in [3.8, 4) is 5.88 Å². The lowest BCUT2D eigenvalue weighted by Crippen LogP contribution is -1.96. The van der Waals surface area contributed by atoms with Crippen LogP contribution in [0.3, 0.4) is 0 Å². The zero-order valence-corrected chi connectivity index (χ0v) is 7.50. The van der Waals surface area contributed by atoms with Gasteiger partial charge in [-0.3, -0.25) is 0 Å². The summed E-state index contributed by atoms with van der Waals surface area (Å²) in [6.45, 7) is 3.79. The van der Waals surface area contributed by atoms with Crippen LogP contribution in [0.1, 0.15) is 0 Å². The summed E-state index contributed by atoms with van der Waals surface area (Å²) in [4.78, 5) is 9.27. The van der Waals surface area contributed by atoms with Crippen molar-refractivity contribution < 1.29 is 9.78 Å². The van der Waals surface area contributed by atoms with Crippen LogP contribution in [0.15, 0.2) is 18.0 Å². The van der Waals surface area contributed by atoms with Gasteiger partial charge in [0.25, 0.3) is 5.88 Å². The highest BCUT2D eigenvalue weighted by atomic mass is 32.1. The highest BCUT2D eigenvalue weighted by molar-refractivity contribution is 7.59. The van der Waals surface area contributed by atoms with E-state index in [1.54, 1.807) is 11.5 Å². The quantitative estimate of drug-likeness (QED) is 0.310. The Morgan fingerprint density at radius 1 is 1.73 bits per heavy atom. The summed E-state index contributed by atoms with van der Waals surface area (Å²) in [5.41, 5.74) is 0. The Morgan fingerprint density at radius 3 is 3.09 bits per heavy atom. The second-order valence-corrected chi connectivity index (χ2v) is 2.01. The smallest absolute Gasteiger partial charge is 0.287 e. The predicted octanol–water partition coefficient (Wildman–Crippen LogP) is 1.15. The molecular weight excluding hydrogens is 184 g/mol. The Balaban J connectivity index is 0.000001000. The number of rotatable bonds is 4. The fourth-order valence-electron chi connectivity index (χ4n) is 0.335. The van der Waals surface area contributed by atoms with E-state index in [0.29, 0.717) is 12.5 Å². The Kier molecular flexibility index (Phi) is 5.81. The van der Waals surface area contributed by atoms with Crippen molar-refractivity contribution in [2.75, 3.05) is 6.61 Å². The third-order valence-electron chi connectivity index (χ3n) is 0.670. The molecule has 0 N–H and O–H groups in total. The zero-order chi connectivity index (χ0) is 7.23. The van der Waals surface area contributed by atoms with Crippen LogP contribution in [0.25, 0.3) is 0 Å². The lowest BCUT2D eigenvalue weighted by molar-refractivity contribution is -0.198. The molecule has 4 nitrogen and oxygen atoms in total. The molecule has 1 rings (SSSR count). The Morgan fingerprint density at radius 2 is 2.55 bits per heavy atom. The first-order valence-corrected chi connectivity index (χ1v) is 3.44. The normalized spacial score (nSPS) is 8.36. The van der Waals surface area contributed by atoms with E-state index in [0.717, 1.165) is 0 Å². The van der Waals surface area contributed by atoms with Gasteiger partial charge in [0.05, 0.1) is 5.38 Å². The molecule has 0 aromatic carbocycles. The van der Waals surface area contributed by atoms with Crippen LogP contribution >= 0.6 is 25.0 Å². The maximum absolute atomic E-state index is 4.65. The van der Waals surface area contributed by atoms with Gasteiger partial charge < -0.3 is 4.89 Å². The van der Waals surface area contributed by atoms with Crippen LogP contribution < -0.4 is 4.89 Å². The number of hydrogen-bond acceptors (Lipinski definition) is 5. The lowest BCUT2D eigenvalue weighted by atomic mass is 10.7. The van der Waals surface area contributed by atoms with Gasteiger partial charge >= 0.3 is 0 Å². The molecule has 11 heavy (non-hydrogen) atoms. The summed E-state index contributed by atoms with van der Waals surface area (Å²) in [6, 6.07) is 0. The summed E-state index contributed by atoms with van der Waals surface area (Å²) in [5, 5.41) is 5.22.